The fourth-order valence-corrected chi connectivity index (χ4v) is 3.48. The van der Waals surface area contributed by atoms with Crippen molar-refractivity contribution in [2.24, 2.45) is 5.73 Å². The molecule has 6 nitrogen and oxygen atoms in total. The lowest BCUT2D eigenvalue weighted by molar-refractivity contribution is 0.306. The zero-order valence-corrected chi connectivity index (χ0v) is 16.9. The van der Waals surface area contributed by atoms with E-state index in [2.05, 4.69) is 20.6 Å². The monoisotopic (exact) mass is 425 g/mol. The summed E-state index contributed by atoms with van der Waals surface area (Å²) in [6, 6.07) is 11.8. The normalized spacial score (nSPS) is 15.1. The number of nitrogens with one attached hydrogen (secondary N) is 2. The van der Waals surface area contributed by atoms with Gasteiger partial charge in [0.25, 0.3) is 0 Å². The van der Waals surface area contributed by atoms with E-state index in [1.165, 1.54) is 18.5 Å². The van der Waals surface area contributed by atoms with Crippen molar-refractivity contribution in [2.45, 2.75) is 19.1 Å². The smallest absolute Gasteiger partial charge is 0.157 e. The molecule has 0 bridgehead atoms. The second kappa shape index (κ2) is 9.11. The van der Waals surface area contributed by atoms with Gasteiger partial charge >= 0.3 is 0 Å². The first-order valence-corrected chi connectivity index (χ1v) is 9.91. The quantitative estimate of drug-likeness (QED) is 0.485. The zero-order chi connectivity index (χ0) is 20.9. The van der Waals surface area contributed by atoms with Crippen molar-refractivity contribution in [3.05, 3.63) is 83.0 Å². The zero-order valence-electron chi connectivity index (χ0n) is 16.1. The highest BCUT2D eigenvalue weighted by molar-refractivity contribution is 6.32. The van der Waals surface area contributed by atoms with Crippen molar-refractivity contribution in [1.82, 2.24) is 9.97 Å². The van der Waals surface area contributed by atoms with Gasteiger partial charge in [0.2, 0.25) is 0 Å². The van der Waals surface area contributed by atoms with Crippen LogP contribution in [0.25, 0.3) is 0 Å². The van der Waals surface area contributed by atoms with Crippen molar-refractivity contribution in [3.63, 3.8) is 0 Å². The third-order valence-corrected chi connectivity index (χ3v) is 4.95. The molecule has 4 N–H and O–H groups in total. The van der Waals surface area contributed by atoms with Gasteiger partial charge in [-0.3, -0.25) is 0 Å². The van der Waals surface area contributed by atoms with Crippen LogP contribution in [-0.4, -0.2) is 22.6 Å². The molecule has 0 aliphatic carbocycles. The van der Waals surface area contributed by atoms with Crippen LogP contribution in [-0.2, 0) is 13.0 Å². The molecule has 1 aliphatic heterocycles. The molecule has 0 amide bonds. The van der Waals surface area contributed by atoms with Crippen LogP contribution < -0.4 is 21.1 Å². The second-order valence-corrected chi connectivity index (χ2v) is 7.26. The lowest BCUT2D eigenvalue weighted by Crippen LogP contribution is -2.12. The van der Waals surface area contributed by atoms with E-state index in [9.17, 15) is 4.39 Å². The number of nitrogens with zero attached hydrogens (tertiary/aromatic N) is 2. The molecular formula is C22H21ClFN5O. The van der Waals surface area contributed by atoms with Gasteiger partial charge in [0.15, 0.2) is 5.82 Å². The van der Waals surface area contributed by atoms with Crippen molar-refractivity contribution in [2.75, 3.05) is 17.2 Å². The van der Waals surface area contributed by atoms with Gasteiger partial charge in [-0.1, -0.05) is 35.9 Å². The molecule has 30 heavy (non-hydrogen) atoms. The van der Waals surface area contributed by atoms with Gasteiger partial charge in [-0.2, -0.15) is 0 Å². The Morgan fingerprint density at radius 3 is 2.97 bits per heavy atom. The maximum absolute atomic E-state index is 13.3. The van der Waals surface area contributed by atoms with Crippen LogP contribution in [0.3, 0.4) is 0 Å². The first-order chi connectivity index (χ1) is 14.6. The van der Waals surface area contributed by atoms with E-state index in [4.69, 9.17) is 22.1 Å². The number of aromatic nitrogens is 2. The standard InChI is InChI=1S/C22H21ClFN5O/c23-18-10-17(6-7-20(18)30-12-14-3-1-4-15(24)9-14)29-22-21-19(26-13-27-22)11-16(28-21)5-2-8-25/h1-7,9-10,13,16,28H,8,11-12,25H2,(H,26,27,29)/b5-2+. The minimum atomic E-state index is -0.298. The highest BCUT2D eigenvalue weighted by Crippen LogP contribution is 2.34. The van der Waals surface area contributed by atoms with Crippen molar-refractivity contribution in [1.29, 1.82) is 0 Å². The molecular weight excluding hydrogens is 405 g/mol. The van der Waals surface area contributed by atoms with Crippen LogP contribution in [0.1, 0.15) is 11.3 Å². The summed E-state index contributed by atoms with van der Waals surface area (Å²) in [7, 11) is 0. The van der Waals surface area contributed by atoms with Crippen LogP contribution >= 0.6 is 11.6 Å². The molecule has 0 saturated carbocycles. The van der Waals surface area contributed by atoms with E-state index in [0.29, 0.717) is 23.1 Å². The minimum Gasteiger partial charge on any atom is -0.487 e. The van der Waals surface area contributed by atoms with Gasteiger partial charge in [-0.05, 0) is 35.9 Å². The summed E-state index contributed by atoms with van der Waals surface area (Å²) in [6.45, 7) is 0.725. The Hall–Kier alpha value is -3.16. The first kappa shape index (κ1) is 20.1. The number of halogens is 2. The summed E-state index contributed by atoms with van der Waals surface area (Å²) in [5.41, 5.74) is 8.85. The van der Waals surface area contributed by atoms with Crippen LogP contribution in [0.2, 0.25) is 5.02 Å². The average Bonchev–Trinajstić information content (AvgIpc) is 3.16. The van der Waals surface area contributed by atoms with Crippen LogP contribution in [0.5, 0.6) is 5.75 Å². The Morgan fingerprint density at radius 1 is 1.27 bits per heavy atom. The molecule has 1 aliphatic rings. The lowest BCUT2D eigenvalue weighted by atomic mass is 10.2. The molecule has 2 aromatic carbocycles. The summed E-state index contributed by atoms with van der Waals surface area (Å²) in [5.74, 6) is 0.895. The van der Waals surface area contributed by atoms with Crippen molar-refractivity contribution >= 4 is 28.8 Å². The van der Waals surface area contributed by atoms with E-state index < -0.39 is 0 Å². The van der Waals surface area contributed by atoms with Gasteiger partial charge in [0.05, 0.1) is 22.4 Å². The second-order valence-electron chi connectivity index (χ2n) is 6.85. The van der Waals surface area contributed by atoms with Gasteiger partial charge < -0.3 is 21.1 Å². The maximum Gasteiger partial charge on any atom is 0.157 e. The molecule has 4 rings (SSSR count). The van der Waals surface area contributed by atoms with Crippen LogP contribution in [0.4, 0.5) is 21.6 Å². The summed E-state index contributed by atoms with van der Waals surface area (Å²) in [4.78, 5) is 8.71. The van der Waals surface area contributed by atoms with Crippen LogP contribution in [0.15, 0.2) is 60.9 Å². The molecule has 0 radical (unpaired) electrons. The largest absolute Gasteiger partial charge is 0.487 e. The fourth-order valence-electron chi connectivity index (χ4n) is 3.25. The fraction of sp³-hybridized carbons (Fsp3) is 0.182. The van der Waals surface area contributed by atoms with E-state index in [-0.39, 0.29) is 18.5 Å². The predicted octanol–water partition coefficient (Wildman–Crippen LogP) is 4.44. The third kappa shape index (κ3) is 4.69. The average molecular weight is 426 g/mol. The molecule has 0 spiro atoms. The highest BCUT2D eigenvalue weighted by atomic mass is 35.5. The molecule has 8 heteroatoms. The molecule has 1 atom stereocenters. The summed E-state index contributed by atoms with van der Waals surface area (Å²) >= 11 is 6.38. The predicted molar refractivity (Wildman–Crippen MR) is 117 cm³/mol. The third-order valence-electron chi connectivity index (χ3n) is 4.65. The summed E-state index contributed by atoms with van der Waals surface area (Å²) in [5, 5.41) is 7.13. The number of hydrogen-bond acceptors (Lipinski definition) is 6. The van der Waals surface area contributed by atoms with Gasteiger partial charge in [-0.25, -0.2) is 14.4 Å². The van der Waals surface area contributed by atoms with E-state index in [1.54, 1.807) is 24.3 Å². The van der Waals surface area contributed by atoms with Crippen LogP contribution in [0, 0.1) is 5.82 Å². The highest BCUT2D eigenvalue weighted by Gasteiger charge is 2.23. The Balaban J connectivity index is 1.45. The Bertz CT molecular complexity index is 1080. The molecule has 2 heterocycles. The number of anilines is 3. The van der Waals surface area contributed by atoms with Gasteiger partial charge in [0.1, 0.15) is 24.5 Å². The lowest BCUT2D eigenvalue weighted by Gasteiger charge is -2.13. The minimum absolute atomic E-state index is 0.142. The van der Waals surface area contributed by atoms with Gasteiger partial charge in [0, 0.05) is 18.7 Å². The van der Waals surface area contributed by atoms with E-state index >= 15 is 0 Å². The SMILES string of the molecule is NC/C=C/C1Cc2ncnc(Nc3ccc(OCc4cccc(F)c4)c(Cl)c3)c2N1. The molecule has 0 fully saturated rings. The number of hydrogen-bond donors (Lipinski definition) is 3. The first-order valence-electron chi connectivity index (χ1n) is 9.53. The number of ether oxygens (including phenoxy) is 1. The Morgan fingerprint density at radius 2 is 2.17 bits per heavy atom. The van der Waals surface area contributed by atoms with E-state index in [1.807, 2.05) is 18.2 Å². The number of rotatable bonds is 7. The van der Waals surface area contributed by atoms with E-state index in [0.717, 1.165) is 29.1 Å². The van der Waals surface area contributed by atoms with Crippen molar-refractivity contribution in [3.8, 4) is 5.75 Å². The molecule has 0 saturated heterocycles. The molecule has 1 aromatic heterocycles. The molecule has 3 aromatic rings. The molecule has 154 valence electrons. The maximum atomic E-state index is 13.3. The topological polar surface area (TPSA) is 85.1 Å². The number of nitrogens with two attached hydrogens (primary N) is 1. The Kier molecular flexibility index (Phi) is 6.11. The Labute approximate surface area is 179 Å². The molecule has 1 unspecified atom stereocenters. The van der Waals surface area contributed by atoms with Gasteiger partial charge in [-0.15, -0.1) is 0 Å². The number of fused-ring (bicyclic) bond motifs is 1. The number of benzene rings is 2. The summed E-state index contributed by atoms with van der Waals surface area (Å²) < 4.78 is 19.0. The summed E-state index contributed by atoms with van der Waals surface area (Å²) in [6.07, 6.45) is 6.27. The van der Waals surface area contributed by atoms with Crippen molar-refractivity contribution < 1.29 is 9.13 Å².